The molecule has 0 aromatic heterocycles. The van der Waals surface area contributed by atoms with Crippen molar-refractivity contribution in [2.24, 2.45) is 5.92 Å². The predicted molar refractivity (Wildman–Crippen MR) is 62.6 cm³/mol. The summed E-state index contributed by atoms with van der Waals surface area (Å²) in [6.07, 6.45) is 1.27. The van der Waals surface area contributed by atoms with Crippen LogP contribution < -0.4 is 5.32 Å². The quantitative estimate of drug-likeness (QED) is 0.747. The van der Waals surface area contributed by atoms with Gasteiger partial charge in [0.25, 0.3) is 0 Å². The summed E-state index contributed by atoms with van der Waals surface area (Å²) in [6, 6.07) is 0.761. The molecule has 1 aliphatic heterocycles. The summed E-state index contributed by atoms with van der Waals surface area (Å²) in [5.41, 5.74) is 0.292. The Morgan fingerprint density at radius 2 is 2.00 bits per heavy atom. The number of hydrogen-bond donors (Lipinski definition) is 1. The fourth-order valence-electron chi connectivity index (χ4n) is 2.61. The standard InChI is InChI=1S/C12H26N2/c1-6-11(10(2)3)14-8-7-13-12(4,5)9-14/h10-11,13H,6-9H2,1-5H3. The van der Waals surface area contributed by atoms with Crippen LogP contribution in [0.15, 0.2) is 0 Å². The molecule has 0 amide bonds. The minimum atomic E-state index is 0.292. The van der Waals surface area contributed by atoms with Gasteiger partial charge >= 0.3 is 0 Å². The molecule has 0 aromatic carbocycles. The molecule has 0 aromatic rings. The Bertz CT molecular complexity index is 175. The van der Waals surface area contributed by atoms with E-state index in [-0.39, 0.29) is 0 Å². The lowest BCUT2D eigenvalue weighted by Crippen LogP contribution is -2.60. The Morgan fingerprint density at radius 1 is 1.36 bits per heavy atom. The smallest absolute Gasteiger partial charge is 0.0252 e. The van der Waals surface area contributed by atoms with Gasteiger partial charge in [0.15, 0.2) is 0 Å². The van der Waals surface area contributed by atoms with E-state index in [9.17, 15) is 0 Å². The highest BCUT2D eigenvalue weighted by atomic mass is 15.2. The summed E-state index contributed by atoms with van der Waals surface area (Å²) >= 11 is 0. The maximum Gasteiger partial charge on any atom is 0.0252 e. The second-order valence-corrected chi connectivity index (χ2v) is 5.50. The number of nitrogens with one attached hydrogen (secondary N) is 1. The Kier molecular flexibility index (Phi) is 3.96. The van der Waals surface area contributed by atoms with Gasteiger partial charge in [-0.15, -0.1) is 0 Å². The summed E-state index contributed by atoms with van der Waals surface area (Å²) in [6.45, 7) is 15.1. The highest BCUT2D eigenvalue weighted by Crippen LogP contribution is 2.19. The summed E-state index contributed by atoms with van der Waals surface area (Å²) < 4.78 is 0. The first-order valence-electron chi connectivity index (χ1n) is 5.95. The maximum atomic E-state index is 3.56. The van der Waals surface area contributed by atoms with Gasteiger partial charge in [0.05, 0.1) is 0 Å². The molecule has 0 radical (unpaired) electrons. The van der Waals surface area contributed by atoms with E-state index >= 15 is 0 Å². The van der Waals surface area contributed by atoms with E-state index in [1.165, 1.54) is 19.5 Å². The van der Waals surface area contributed by atoms with Crippen LogP contribution >= 0.6 is 0 Å². The molecule has 1 saturated heterocycles. The molecule has 0 bridgehead atoms. The van der Waals surface area contributed by atoms with Crippen LogP contribution in [-0.4, -0.2) is 36.1 Å². The van der Waals surface area contributed by atoms with Crippen molar-refractivity contribution < 1.29 is 0 Å². The van der Waals surface area contributed by atoms with Gasteiger partial charge in [0, 0.05) is 31.2 Å². The number of hydrogen-bond acceptors (Lipinski definition) is 2. The highest BCUT2D eigenvalue weighted by molar-refractivity contribution is 4.89. The van der Waals surface area contributed by atoms with Gasteiger partial charge in [-0.3, -0.25) is 4.90 Å². The van der Waals surface area contributed by atoms with E-state index in [1.54, 1.807) is 0 Å². The fraction of sp³-hybridized carbons (Fsp3) is 1.00. The van der Waals surface area contributed by atoms with Crippen LogP contribution in [-0.2, 0) is 0 Å². The summed E-state index contributed by atoms with van der Waals surface area (Å²) in [7, 11) is 0. The monoisotopic (exact) mass is 198 g/mol. The molecular weight excluding hydrogens is 172 g/mol. The molecule has 1 heterocycles. The van der Waals surface area contributed by atoms with E-state index in [1.807, 2.05) is 0 Å². The fourth-order valence-corrected chi connectivity index (χ4v) is 2.61. The third-order valence-corrected chi connectivity index (χ3v) is 3.26. The van der Waals surface area contributed by atoms with Gasteiger partial charge in [-0.2, -0.15) is 0 Å². The molecule has 1 fully saturated rings. The van der Waals surface area contributed by atoms with Gasteiger partial charge in [-0.05, 0) is 26.2 Å². The molecule has 14 heavy (non-hydrogen) atoms. The van der Waals surface area contributed by atoms with Gasteiger partial charge in [-0.1, -0.05) is 20.8 Å². The van der Waals surface area contributed by atoms with Gasteiger partial charge in [-0.25, -0.2) is 0 Å². The zero-order valence-electron chi connectivity index (χ0n) is 10.4. The average Bonchev–Trinajstić information content (AvgIpc) is 2.02. The third kappa shape index (κ3) is 2.96. The molecule has 1 atom stereocenters. The van der Waals surface area contributed by atoms with Crippen LogP contribution in [0.4, 0.5) is 0 Å². The first kappa shape index (κ1) is 12.0. The summed E-state index contributed by atoms with van der Waals surface area (Å²) in [5.74, 6) is 0.772. The molecule has 0 aliphatic carbocycles. The lowest BCUT2D eigenvalue weighted by molar-refractivity contribution is 0.0826. The molecule has 0 saturated carbocycles. The minimum Gasteiger partial charge on any atom is -0.309 e. The molecule has 1 unspecified atom stereocenters. The Hall–Kier alpha value is -0.0800. The normalized spacial score (nSPS) is 25.3. The van der Waals surface area contributed by atoms with Gasteiger partial charge in [0.2, 0.25) is 0 Å². The van der Waals surface area contributed by atoms with Crippen LogP contribution in [0.1, 0.15) is 41.0 Å². The van der Waals surface area contributed by atoms with Crippen molar-refractivity contribution in [1.82, 2.24) is 10.2 Å². The lowest BCUT2D eigenvalue weighted by Gasteiger charge is -2.44. The molecular formula is C12H26N2. The van der Waals surface area contributed by atoms with Gasteiger partial charge < -0.3 is 5.32 Å². The van der Waals surface area contributed by atoms with E-state index in [0.29, 0.717) is 5.54 Å². The number of rotatable bonds is 3. The number of piperazine rings is 1. The van der Waals surface area contributed by atoms with E-state index in [2.05, 4.69) is 44.8 Å². The van der Waals surface area contributed by atoms with Crippen molar-refractivity contribution in [3.8, 4) is 0 Å². The second-order valence-electron chi connectivity index (χ2n) is 5.50. The first-order chi connectivity index (χ1) is 6.46. The molecule has 1 N–H and O–H groups in total. The first-order valence-corrected chi connectivity index (χ1v) is 5.95. The summed E-state index contributed by atoms with van der Waals surface area (Å²) in [5, 5.41) is 3.56. The van der Waals surface area contributed by atoms with Crippen molar-refractivity contribution >= 4 is 0 Å². The van der Waals surface area contributed by atoms with Crippen molar-refractivity contribution in [3.63, 3.8) is 0 Å². The van der Waals surface area contributed by atoms with Crippen molar-refractivity contribution in [1.29, 1.82) is 0 Å². The Labute approximate surface area is 89.1 Å². The Balaban J connectivity index is 2.58. The van der Waals surface area contributed by atoms with Crippen molar-refractivity contribution in [3.05, 3.63) is 0 Å². The maximum absolute atomic E-state index is 3.56. The van der Waals surface area contributed by atoms with Crippen LogP contribution in [0, 0.1) is 5.92 Å². The average molecular weight is 198 g/mol. The largest absolute Gasteiger partial charge is 0.309 e. The third-order valence-electron chi connectivity index (χ3n) is 3.26. The Morgan fingerprint density at radius 3 is 2.43 bits per heavy atom. The second kappa shape index (κ2) is 4.63. The lowest BCUT2D eigenvalue weighted by atomic mass is 9.95. The van der Waals surface area contributed by atoms with E-state index < -0.39 is 0 Å². The molecule has 2 heteroatoms. The molecule has 1 rings (SSSR count). The van der Waals surface area contributed by atoms with Gasteiger partial charge in [0.1, 0.15) is 0 Å². The van der Waals surface area contributed by atoms with Crippen LogP contribution in [0.3, 0.4) is 0 Å². The van der Waals surface area contributed by atoms with E-state index in [0.717, 1.165) is 18.5 Å². The topological polar surface area (TPSA) is 15.3 Å². The minimum absolute atomic E-state index is 0.292. The zero-order chi connectivity index (χ0) is 10.8. The predicted octanol–water partition coefficient (Wildman–Crippen LogP) is 2.10. The van der Waals surface area contributed by atoms with Crippen LogP contribution in [0.2, 0.25) is 0 Å². The van der Waals surface area contributed by atoms with Crippen LogP contribution in [0.25, 0.3) is 0 Å². The summed E-state index contributed by atoms with van der Waals surface area (Å²) in [4.78, 5) is 2.65. The molecule has 84 valence electrons. The molecule has 0 spiro atoms. The van der Waals surface area contributed by atoms with E-state index in [4.69, 9.17) is 0 Å². The molecule has 1 aliphatic rings. The SMILES string of the molecule is CCC(C(C)C)N1CCNC(C)(C)C1. The zero-order valence-corrected chi connectivity index (χ0v) is 10.4. The van der Waals surface area contributed by atoms with Crippen LogP contribution in [0.5, 0.6) is 0 Å². The number of nitrogens with zero attached hydrogens (tertiary/aromatic N) is 1. The van der Waals surface area contributed by atoms with Crippen molar-refractivity contribution in [2.75, 3.05) is 19.6 Å². The highest BCUT2D eigenvalue weighted by Gasteiger charge is 2.30. The van der Waals surface area contributed by atoms with Crippen molar-refractivity contribution in [2.45, 2.75) is 52.6 Å². The molecule has 2 nitrogen and oxygen atoms in total.